The largest absolute Gasteiger partial charge is 0.493 e. The molecule has 0 spiro atoms. The third kappa shape index (κ3) is 2.97. The van der Waals surface area contributed by atoms with Gasteiger partial charge in [-0.05, 0) is 29.8 Å². The molecule has 24 heavy (non-hydrogen) atoms. The van der Waals surface area contributed by atoms with Crippen LogP contribution in [0.15, 0.2) is 42.0 Å². The number of carbonyl (C=O) groups excluding carboxylic acids is 2. The Bertz CT molecular complexity index is 826. The summed E-state index contributed by atoms with van der Waals surface area (Å²) in [4.78, 5) is 24.4. The van der Waals surface area contributed by atoms with E-state index in [1.807, 2.05) is 43.3 Å². The number of rotatable bonds is 3. The van der Waals surface area contributed by atoms with Gasteiger partial charge in [0.05, 0.1) is 6.61 Å². The Morgan fingerprint density at radius 2 is 1.71 bits per heavy atom. The minimum Gasteiger partial charge on any atom is -0.493 e. The molecule has 0 unspecified atom stereocenters. The molecule has 5 nitrogen and oxygen atoms in total. The normalized spacial score (nSPS) is 16.5. The van der Waals surface area contributed by atoms with Gasteiger partial charge in [0.25, 0.3) is 5.79 Å². The standard InChI is InChI=1S/C19H18O5/c1-4-22-16-10-9-12-7-5-6-8-13(12)14(16)11-15-17(20)23-19(2,3)24-18(15)21/h5-11H,4H2,1-3H3. The van der Waals surface area contributed by atoms with Gasteiger partial charge in [-0.15, -0.1) is 0 Å². The predicted octanol–water partition coefficient (Wildman–Crippen LogP) is 3.46. The third-order valence-corrected chi connectivity index (χ3v) is 3.64. The molecule has 5 heteroatoms. The lowest BCUT2D eigenvalue weighted by atomic mass is 10.0. The van der Waals surface area contributed by atoms with E-state index in [1.165, 1.54) is 19.9 Å². The van der Waals surface area contributed by atoms with E-state index in [4.69, 9.17) is 14.2 Å². The van der Waals surface area contributed by atoms with Crippen molar-refractivity contribution in [2.24, 2.45) is 0 Å². The molecule has 0 aromatic heterocycles. The molecule has 1 aliphatic rings. The van der Waals surface area contributed by atoms with Crippen molar-refractivity contribution in [2.45, 2.75) is 26.6 Å². The first-order valence-corrected chi connectivity index (χ1v) is 7.74. The van der Waals surface area contributed by atoms with E-state index >= 15 is 0 Å². The van der Waals surface area contributed by atoms with Crippen molar-refractivity contribution >= 4 is 28.8 Å². The Hall–Kier alpha value is -2.82. The molecule has 0 aliphatic carbocycles. The Morgan fingerprint density at radius 1 is 1.04 bits per heavy atom. The van der Waals surface area contributed by atoms with Crippen molar-refractivity contribution in [1.29, 1.82) is 0 Å². The summed E-state index contributed by atoms with van der Waals surface area (Å²) < 4.78 is 15.9. The lowest BCUT2D eigenvalue weighted by Crippen LogP contribution is -2.41. The van der Waals surface area contributed by atoms with E-state index in [2.05, 4.69) is 0 Å². The van der Waals surface area contributed by atoms with Gasteiger partial charge in [-0.3, -0.25) is 0 Å². The molecule has 1 saturated heterocycles. The fraction of sp³-hybridized carbons (Fsp3) is 0.263. The zero-order valence-electron chi connectivity index (χ0n) is 13.8. The molecule has 1 heterocycles. The van der Waals surface area contributed by atoms with Crippen LogP contribution in [0.25, 0.3) is 16.8 Å². The summed E-state index contributed by atoms with van der Waals surface area (Å²) in [6.45, 7) is 5.38. The second kappa shape index (κ2) is 6.00. The first kappa shape index (κ1) is 16.1. The highest BCUT2D eigenvalue weighted by atomic mass is 16.7. The molecule has 1 fully saturated rings. The van der Waals surface area contributed by atoms with Crippen LogP contribution in [0.1, 0.15) is 26.3 Å². The minimum absolute atomic E-state index is 0.147. The quantitative estimate of drug-likeness (QED) is 0.491. The van der Waals surface area contributed by atoms with Gasteiger partial charge in [-0.1, -0.05) is 30.3 Å². The third-order valence-electron chi connectivity index (χ3n) is 3.64. The van der Waals surface area contributed by atoms with Gasteiger partial charge in [0.15, 0.2) is 0 Å². The fourth-order valence-electron chi connectivity index (χ4n) is 2.63. The maximum atomic E-state index is 12.2. The van der Waals surface area contributed by atoms with E-state index in [9.17, 15) is 9.59 Å². The van der Waals surface area contributed by atoms with E-state index in [1.54, 1.807) is 0 Å². The monoisotopic (exact) mass is 326 g/mol. The maximum absolute atomic E-state index is 12.2. The van der Waals surface area contributed by atoms with E-state index < -0.39 is 17.7 Å². The van der Waals surface area contributed by atoms with Crippen LogP contribution in [0.3, 0.4) is 0 Å². The lowest BCUT2D eigenvalue weighted by molar-refractivity contribution is -0.222. The molecule has 1 aliphatic heterocycles. The average Bonchev–Trinajstić information content (AvgIpc) is 2.51. The molecule has 0 amide bonds. The lowest BCUT2D eigenvalue weighted by Gasteiger charge is -2.29. The number of hydrogen-bond donors (Lipinski definition) is 0. The summed E-state index contributed by atoms with van der Waals surface area (Å²) in [6, 6.07) is 11.4. The average molecular weight is 326 g/mol. The Balaban J connectivity index is 2.16. The molecule has 0 N–H and O–H groups in total. The minimum atomic E-state index is -1.26. The summed E-state index contributed by atoms with van der Waals surface area (Å²) in [6.07, 6.45) is 1.48. The van der Waals surface area contributed by atoms with Crippen LogP contribution >= 0.6 is 0 Å². The van der Waals surface area contributed by atoms with Crippen LogP contribution < -0.4 is 4.74 Å². The van der Waals surface area contributed by atoms with Crippen molar-refractivity contribution in [3.8, 4) is 5.75 Å². The van der Waals surface area contributed by atoms with Gasteiger partial charge in [0, 0.05) is 19.4 Å². The van der Waals surface area contributed by atoms with Crippen LogP contribution in [0.4, 0.5) is 0 Å². The van der Waals surface area contributed by atoms with E-state index in [0.717, 1.165) is 10.8 Å². The van der Waals surface area contributed by atoms with E-state index in [-0.39, 0.29) is 5.57 Å². The van der Waals surface area contributed by atoms with Crippen molar-refractivity contribution in [3.63, 3.8) is 0 Å². The van der Waals surface area contributed by atoms with Crippen LogP contribution in [-0.2, 0) is 19.1 Å². The number of hydrogen-bond acceptors (Lipinski definition) is 5. The van der Waals surface area contributed by atoms with Gasteiger partial charge in [-0.2, -0.15) is 0 Å². The maximum Gasteiger partial charge on any atom is 0.348 e. The summed E-state index contributed by atoms with van der Waals surface area (Å²) in [5.74, 6) is -2.07. The molecule has 0 atom stereocenters. The van der Waals surface area contributed by atoms with E-state index in [0.29, 0.717) is 17.9 Å². The highest BCUT2D eigenvalue weighted by Crippen LogP contribution is 2.32. The zero-order valence-corrected chi connectivity index (χ0v) is 13.8. The molecule has 2 aromatic rings. The molecule has 3 rings (SSSR count). The summed E-state index contributed by atoms with van der Waals surface area (Å²) in [5.41, 5.74) is 0.505. The molecular weight excluding hydrogens is 308 g/mol. The number of carbonyl (C=O) groups is 2. The van der Waals surface area contributed by atoms with Gasteiger partial charge < -0.3 is 14.2 Å². The fourth-order valence-corrected chi connectivity index (χ4v) is 2.63. The Kier molecular flexibility index (Phi) is 4.01. The Morgan fingerprint density at radius 3 is 2.38 bits per heavy atom. The van der Waals surface area contributed by atoms with Crippen LogP contribution in [0.5, 0.6) is 5.75 Å². The van der Waals surface area contributed by atoms with Gasteiger partial charge in [0.1, 0.15) is 11.3 Å². The predicted molar refractivity (Wildman–Crippen MR) is 89.4 cm³/mol. The number of esters is 2. The molecule has 0 radical (unpaired) electrons. The molecular formula is C19H18O5. The van der Waals surface area contributed by atoms with Crippen molar-refractivity contribution in [1.82, 2.24) is 0 Å². The molecule has 0 bridgehead atoms. The second-order valence-corrected chi connectivity index (χ2v) is 5.87. The second-order valence-electron chi connectivity index (χ2n) is 5.87. The summed E-state index contributed by atoms with van der Waals surface area (Å²) >= 11 is 0. The number of cyclic esters (lactones) is 2. The molecule has 2 aromatic carbocycles. The highest BCUT2D eigenvalue weighted by Gasteiger charge is 2.39. The summed E-state index contributed by atoms with van der Waals surface area (Å²) in [5, 5.41) is 1.85. The van der Waals surface area contributed by atoms with Crippen LogP contribution in [0.2, 0.25) is 0 Å². The van der Waals surface area contributed by atoms with Gasteiger partial charge in [-0.25, -0.2) is 9.59 Å². The van der Waals surface area contributed by atoms with Crippen molar-refractivity contribution in [2.75, 3.05) is 6.61 Å². The van der Waals surface area contributed by atoms with Gasteiger partial charge >= 0.3 is 11.9 Å². The zero-order chi connectivity index (χ0) is 17.3. The smallest absolute Gasteiger partial charge is 0.348 e. The topological polar surface area (TPSA) is 61.8 Å². The SMILES string of the molecule is CCOc1ccc2ccccc2c1C=C1C(=O)OC(C)(C)OC1=O. The first-order chi connectivity index (χ1) is 11.4. The number of ether oxygens (including phenoxy) is 3. The van der Waals surface area contributed by atoms with Crippen LogP contribution in [-0.4, -0.2) is 24.3 Å². The molecule has 124 valence electrons. The Labute approximate surface area is 139 Å². The molecule has 0 saturated carbocycles. The van der Waals surface area contributed by atoms with Crippen molar-refractivity contribution in [3.05, 3.63) is 47.5 Å². The number of benzene rings is 2. The van der Waals surface area contributed by atoms with Crippen molar-refractivity contribution < 1.29 is 23.8 Å². The summed E-state index contributed by atoms with van der Waals surface area (Å²) in [7, 11) is 0. The van der Waals surface area contributed by atoms with Gasteiger partial charge in [0.2, 0.25) is 0 Å². The number of fused-ring (bicyclic) bond motifs is 1. The van der Waals surface area contributed by atoms with Crippen LogP contribution in [0, 0.1) is 0 Å². The first-order valence-electron chi connectivity index (χ1n) is 7.74. The highest BCUT2D eigenvalue weighted by molar-refractivity contribution is 6.19.